The van der Waals surface area contributed by atoms with Gasteiger partial charge in [-0.1, -0.05) is 18.9 Å². The average Bonchev–Trinajstić information content (AvgIpc) is 3.10. The van der Waals surface area contributed by atoms with Crippen LogP contribution in [0.1, 0.15) is 70.4 Å². The minimum Gasteiger partial charge on any atom is -0.493 e. The Kier molecular flexibility index (Phi) is 11.2. The molecule has 2 aromatic carbocycles. The number of likely N-dealkylation sites (tertiary alicyclic amines) is 1. The first-order chi connectivity index (χ1) is 23.5. The van der Waals surface area contributed by atoms with Crippen LogP contribution < -0.4 is 24.3 Å². The number of hydrogen-bond acceptors (Lipinski definition) is 9. The van der Waals surface area contributed by atoms with Gasteiger partial charge >= 0.3 is 6.09 Å². The van der Waals surface area contributed by atoms with Gasteiger partial charge in [0.25, 0.3) is 0 Å². The van der Waals surface area contributed by atoms with Crippen molar-refractivity contribution in [3.05, 3.63) is 47.5 Å². The number of benzene rings is 2. The zero-order valence-electron chi connectivity index (χ0n) is 29.7. The predicted octanol–water partition coefficient (Wildman–Crippen LogP) is 5.20. The summed E-state index contributed by atoms with van der Waals surface area (Å²) in [7, 11) is 6.33. The highest BCUT2D eigenvalue weighted by molar-refractivity contribution is 6.07. The molecule has 3 atom stereocenters. The van der Waals surface area contributed by atoms with Crippen molar-refractivity contribution in [3.8, 4) is 23.0 Å². The summed E-state index contributed by atoms with van der Waals surface area (Å²) in [5, 5.41) is 9.55. The van der Waals surface area contributed by atoms with Crippen LogP contribution in [0.25, 0.3) is 0 Å². The molecule has 0 aromatic heterocycles. The number of nitrogens with zero attached hydrogens (tertiary/aromatic N) is 3. The van der Waals surface area contributed by atoms with E-state index in [0.717, 1.165) is 42.5 Å². The summed E-state index contributed by atoms with van der Waals surface area (Å²) >= 11 is 0. The molecule has 49 heavy (non-hydrogen) atoms. The van der Waals surface area contributed by atoms with E-state index in [4.69, 9.17) is 28.8 Å². The third-order valence-electron chi connectivity index (χ3n) is 9.55. The summed E-state index contributed by atoms with van der Waals surface area (Å²) in [4.78, 5) is 42.6. The van der Waals surface area contributed by atoms with E-state index in [1.165, 1.54) is 0 Å². The van der Waals surface area contributed by atoms with Crippen molar-refractivity contribution in [2.24, 2.45) is 16.9 Å². The quantitative estimate of drug-likeness (QED) is 0.363. The summed E-state index contributed by atoms with van der Waals surface area (Å²) in [5.74, 6) is 2.13. The number of fused-ring (bicyclic) bond motifs is 1. The van der Waals surface area contributed by atoms with E-state index in [2.05, 4.69) is 5.32 Å². The van der Waals surface area contributed by atoms with Gasteiger partial charge < -0.3 is 33.9 Å². The smallest absolute Gasteiger partial charge is 0.408 e. The molecule has 0 spiro atoms. The fourth-order valence-electron chi connectivity index (χ4n) is 7.14. The van der Waals surface area contributed by atoms with Crippen molar-refractivity contribution < 1.29 is 38.1 Å². The Morgan fingerprint density at radius 3 is 2.04 bits per heavy atom. The Morgan fingerprint density at radius 2 is 1.43 bits per heavy atom. The lowest BCUT2D eigenvalue weighted by Gasteiger charge is -2.43. The summed E-state index contributed by atoms with van der Waals surface area (Å²) in [6.07, 6.45) is 4.50. The van der Waals surface area contributed by atoms with Gasteiger partial charge in [-0.2, -0.15) is 5.10 Å². The molecule has 0 bridgehead atoms. The standard InChI is InChI=1S/C37H50N4O8/c1-37(2,3)49-36(44)38-28(20-23-12-14-29(45-4)31(21-23)47-6)35(43)40-18-16-25(17-19-40)41-34(42)27-11-9-8-10-26(27)33(39-41)24-13-15-30(46-5)32(22-24)48-7/h12-15,21-22,25-28H,8-11,16-20H2,1-7H3,(H,38,44)/t26-,27+,28-/m0/s1. The van der Waals surface area contributed by atoms with Gasteiger partial charge in [-0.15, -0.1) is 0 Å². The van der Waals surface area contributed by atoms with Crippen molar-refractivity contribution in [3.63, 3.8) is 0 Å². The predicted molar refractivity (Wildman–Crippen MR) is 184 cm³/mol. The minimum atomic E-state index is -0.876. The number of amides is 3. The van der Waals surface area contributed by atoms with Gasteiger partial charge in [0.1, 0.15) is 11.6 Å². The first kappa shape index (κ1) is 35.8. The molecule has 2 heterocycles. The number of carbonyl (C=O) groups excluding carboxylic acids is 3. The fourth-order valence-corrected chi connectivity index (χ4v) is 7.14. The van der Waals surface area contributed by atoms with Gasteiger partial charge in [-0.3, -0.25) is 9.59 Å². The second-order valence-corrected chi connectivity index (χ2v) is 13.9. The second-order valence-electron chi connectivity index (χ2n) is 13.9. The lowest BCUT2D eigenvalue weighted by molar-refractivity contribution is -0.143. The first-order valence-electron chi connectivity index (χ1n) is 17.1. The molecular weight excluding hydrogens is 628 g/mol. The van der Waals surface area contributed by atoms with Crippen molar-refractivity contribution >= 4 is 23.6 Å². The molecule has 12 heteroatoms. The third-order valence-corrected chi connectivity index (χ3v) is 9.55. The summed E-state index contributed by atoms with van der Waals surface area (Å²) in [6.45, 7) is 6.17. The van der Waals surface area contributed by atoms with Gasteiger partial charge in [0.15, 0.2) is 23.0 Å². The number of hydrogen-bond donors (Lipinski definition) is 1. The molecule has 3 amide bonds. The van der Waals surface area contributed by atoms with E-state index in [0.29, 0.717) is 48.9 Å². The molecule has 1 aliphatic carbocycles. The summed E-state index contributed by atoms with van der Waals surface area (Å²) in [5.41, 5.74) is 1.89. The van der Waals surface area contributed by atoms with Gasteiger partial charge in [0.2, 0.25) is 11.8 Å². The normalized spacial score (nSPS) is 20.5. The summed E-state index contributed by atoms with van der Waals surface area (Å²) < 4.78 is 27.4. The van der Waals surface area contributed by atoms with Crippen molar-refractivity contribution in [2.45, 2.75) is 83.4 Å². The highest BCUT2D eigenvalue weighted by atomic mass is 16.6. The van der Waals surface area contributed by atoms with Crippen LogP contribution in [-0.4, -0.2) is 92.7 Å². The van der Waals surface area contributed by atoms with E-state index in [9.17, 15) is 14.4 Å². The SMILES string of the molecule is COc1ccc(C[C@H](NC(=O)OC(C)(C)C)C(=O)N2CCC(N3N=C(c4ccc(OC)c(OC)c4)[C@H]4CCCC[C@H]4C3=O)CC2)cc1OC. The maximum absolute atomic E-state index is 14.0. The van der Waals surface area contributed by atoms with Gasteiger partial charge in [-0.05, 0) is 82.3 Å². The first-order valence-corrected chi connectivity index (χ1v) is 17.1. The molecule has 1 N–H and O–H groups in total. The van der Waals surface area contributed by atoms with Crippen LogP contribution in [0, 0.1) is 11.8 Å². The van der Waals surface area contributed by atoms with Crippen LogP contribution in [-0.2, 0) is 20.7 Å². The van der Waals surface area contributed by atoms with Crippen LogP contribution in [0.15, 0.2) is 41.5 Å². The van der Waals surface area contributed by atoms with E-state index in [-0.39, 0.29) is 36.1 Å². The topological polar surface area (TPSA) is 128 Å². The van der Waals surface area contributed by atoms with Crippen LogP contribution in [0.3, 0.4) is 0 Å². The van der Waals surface area contributed by atoms with E-state index >= 15 is 0 Å². The zero-order valence-corrected chi connectivity index (χ0v) is 29.7. The minimum absolute atomic E-state index is 0.0496. The van der Waals surface area contributed by atoms with Gasteiger partial charge in [0, 0.05) is 36.9 Å². The van der Waals surface area contributed by atoms with Crippen molar-refractivity contribution in [1.29, 1.82) is 0 Å². The van der Waals surface area contributed by atoms with E-state index in [1.807, 2.05) is 24.3 Å². The van der Waals surface area contributed by atoms with E-state index in [1.54, 1.807) is 71.3 Å². The number of methoxy groups -OCH3 is 4. The van der Waals surface area contributed by atoms with Gasteiger partial charge in [-0.25, -0.2) is 9.80 Å². The Morgan fingerprint density at radius 1 is 0.837 bits per heavy atom. The zero-order chi connectivity index (χ0) is 35.3. The molecule has 1 saturated heterocycles. The lowest BCUT2D eigenvalue weighted by Crippen LogP contribution is -2.56. The maximum Gasteiger partial charge on any atom is 0.408 e. The van der Waals surface area contributed by atoms with Crippen LogP contribution in [0.2, 0.25) is 0 Å². The molecule has 3 aliphatic rings. The number of hydrazone groups is 1. The van der Waals surface area contributed by atoms with Crippen LogP contribution in [0.5, 0.6) is 23.0 Å². The Balaban J connectivity index is 1.34. The number of ether oxygens (including phenoxy) is 5. The molecule has 1 saturated carbocycles. The number of rotatable bonds is 10. The van der Waals surface area contributed by atoms with E-state index < -0.39 is 17.7 Å². The largest absolute Gasteiger partial charge is 0.493 e. The van der Waals surface area contributed by atoms with Crippen LogP contribution >= 0.6 is 0 Å². The molecule has 0 unspecified atom stereocenters. The summed E-state index contributed by atoms with van der Waals surface area (Å²) in [6, 6.07) is 10.2. The molecular formula is C37H50N4O8. The van der Waals surface area contributed by atoms with Crippen LogP contribution in [0.4, 0.5) is 4.79 Å². The fraction of sp³-hybridized carbons (Fsp3) is 0.568. The lowest BCUT2D eigenvalue weighted by atomic mass is 9.73. The van der Waals surface area contributed by atoms with Gasteiger partial charge in [0.05, 0.1) is 40.2 Å². The highest BCUT2D eigenvalue weighted by Crippen LogP contribution is 2.40. The molecule has 2 aliphatic heterocycles. The number of carbonyl (C=O) groups is 3. The molecule has 266 valence electrons. The highest BCUT2D eigenvalue weighted by Gasteiger charge is 2.44. The number of nitrogens with one attached hydrogen (secondary N) is 1. The monoisotopic (exact) mass is 678 g/mol. The Hall–Kier alpha value is -4.48. The number of piperidine rings is 1. The molecule has 0 radical (unpaired) electrons. The Bertz CT molecular complexity index is 1550. The molecule has 5 rings (SSSR count). The maximum atomic E-state index is 14.0. The number of alkyl carbamates (subject to hydrolysis) is 1. The van der Waals surface area contributed by atoms with Crippen molar-refractivity contribution in [1.82, 2.24) is 15.2 Å². The molecule has 2 fully saturated rings. The second kappa shape index (κ2) is 15.4. The molecule has 12 nitrogen and oxygen atoms in total. The molecule has 2 aromatic rings. The van der Waals surface area contributed by atoms with Crippen molar-refractivity contribution in [2.75, 3.05) is 41.5 Å². The Labute approximate surface area is 289 Å². The average molecular weight is 679 g/mol. The third kappa shape index (κ3) is 8.22.